The predicted octanol–water partition coefficient (Wildman–Crippen LogP) is 7.22. The van der Waals surface area contributed by atoms with Gasteiger partial charge in [0.15, 0.2) is 0 Å². The fourth-order valence-electron chi connectivity index (χ4n) is 4.34. The summed E-state index contributed by atoms with van der Waals surface area (Å²) in [7, 11) is 1.96. The van der Waals surface area contributed by atoms with Crippen LogP contribution >= 0.6 is 23.5 Å². The van der Waals surface area contributed by atoms with Crippen LogP contribution in [0.25, 0.3) is 0 Å². The third-order valence-corrected chi connectivity index (χ3v) is 10.0. The van der Waals surface area contributed by atoms with E-state index >= 15 is 0 Å². The maximum absolute atomic E-state index is 12.8. The highest BCUT2D eigenvalue weighted by atomic mass is 32.2. The SMILES string of the molecule is CCN(CC)CCN(C)C(=O)CS[C@@H]1CCCC[C@H]1Sc1cc(C(C)(C)C)cc(C(C)(C)C)c1. The van der Waals surface area contributed by atoms with Gasteiger partial charge in [-0.2, -0.15) is 0 Å². The van der Waals surface area contributed by atoms with Crippen molar-refractivity contribution in [2.24, 2.45) is 0 Å². The van der Waals surface area contributed by atoms with Crippen LogP contribution in [0.4, 0.5) is 0 Å². The van der Waals surface area contributed by atoms with Gasteiger partial charge in [-0.1, -0.05) is 74.3 Å². The van der Waals surface area contributed by atoms with Gasteiger partial charge in [-0.05, 0) is 60.0 Å². The Morgan fingerprint density at radius 3 is 1.91 bits per heavy atom. The second kappa shape index (κ2) is 13.1. The second-order valence-electron chi connectivity index (χ2n) is 11.9. The van der Waals surface area contributed by atoms with Crippen molar-refractivity contribution in [1.82, 2.24) is 9.80 Å². The lowest BCUT2D eigenvalue weighted by molar-refractivity contribution is -0.127. The number of nitrogens with zero attached hydrogens (tertiary/aromatic N) is 2. The lowest BCUT2D eigenvalue weighted by atomic mass is 9.81. The number of carbonyl (C=O) groups is 1. The predicted molar refractivity (Wildman–Crippen MR) is 154 cm³/mol. The number of hydrogen-bond donors (Lipinski definition) is 0. The Labute approximate surface area is 219 Å². The lowest BCUT2D eigenvalue weighted by Crippen LogP contribution is -2.37. The number of rotatable bonds is 10. The molecule has 0 N–H and O–H groups in total. The summed E-state index contributed by atoms with van der Waals surface area (Å²) < 4.78 is 0. The summed E-state index contributed by atoms with van der Waals surface area (Å²) in [5.41, 5.74) is 3.12. The maximum atomic E-state index is 12.8. The van der Waals surface area contributed by atoms with Crippen molar-refractivity contribution >= 4 is 29.4 Å². The van der Waals surface area contributed by atoms with Gasteiger partial charge in [-0.25, -0.2) is 0 Å². The topological polar surface area (TPSA) is 23.6 Å². The van der Waals surface area contributed by atoms with Crippen LogP contribution in [0, 0.1) is 0 Å². The molecule has 1 aromatic carbocycles. The van der Waals surface area contributed by atoms with Crippen LogP contribution in [0.5, 0.6) is 0 Å². The molecule has 0 heterocycles. The number of carbonyl (C=O) groups excluding carboxylic acids is 1. The van der Waals surface area contributed by atoms with Crippen molar-refractivity contribution in [2.75, 3.05) is 39.0 Å². The molecular weight excluding hydrogens is 456 g/mol. The van der Waals surface area contributed by atoms with Crippen LogP contribution in [0.1, 0.15) is 92.2 Å². The second-order valence-corrected chi connectivity index (χ2v) is 14.4. The Balaban J connectivity index is 2.06. The lowest BCUT2D eigenvalue weighted by Gasteiger charge is -2.32. The van der Waals surface area contributed by atoms with Crippen molar-refractivity contribution < 1.29 is 4.79 Å². The Bertz CT molecular complexity index is 745. The first-order chi connectivity index (χ1) is 15.8. The Morgan fingerprint density at radius 1 is 0.882 bits per heavy atom. The molecule has 1 saturated carbocycles. The van der Waals surface area contributed by atoms with E-state index < -0.39 is 0 Å². The summed E-state index contributed by atoms with van der Waals surface area (Å²) in [6.45, 7) is 22.1. The number of amides is 1. The summed E-state index contributed by atoms with van der Waals surface area (Å²) in [4.78, 5) is 18.5. The van der Waals surface area contributed by atoms with Gasteiger partial charge in [0.05, 0.1) is 5.75 Å². The van der Waals surface area contributed by atoms with E-state index in [-0.39, 0.29) is 16.7 Å². The molecule has 1 aromatic rings. The summed E-state index contributed by atoms with van der Waals surface area (Å²) in [6, 6.07) is 7.24. The zero-order chi connectivity index (χ0) is 25.5. The van der Waals surface area contributed by atoms with E-state index in [2.05, 4.69) is 90.3 Å². The van der Waals surface area contributed by atoms with Crippen LogP contribution in [-0.2, 0) is 15.6 Å². The van der Waals surface area contributed by atoms with Gasteiger partial charge < -0.3 is 9.80 Å². The highest BCUT2D eigenvalue weighted by molar-refractivity contribution is 8.04. The molecule has 1 aliphatic carbocycles. The first-order valence-electron chi connectivity index (χ1n) is 13.3. The van der Waals surface area contributed by atoms with Crippen LogP contribution in [-0.4, -0.2) is 65.2 Å². The summed E-state index contributed by atoms with van der Waals surface area (Å²) in [5.74, 6) is 0.877. The van der Waals surface area contributed by atoms with E-state index in [1.165, 1.54) is 41.7 Å². The van der Waals surface area contributed by atoms with E-state index in [1.54, 1.807) is 0 Å². The van der Waals surface area contributed by atoms with Crippen molar-refractivity contribution in [3.63, 3.8) is 0 Å². The largest absolute Gasteiger partial charge is 0.344 e. The van der Waals surface area contributed by atoms with E-state index in [9.17, 15) is 4.79 Å². The summed E-state index contributed by atoms with van der Waals surface area (Å²) >= 11 is 3.96. The van der Waals surface area contributed by atoms with E-state index in [1.807, 2.05) is 23.7 Å². The average molecular weight is 507 g/mol. The van der Waals surface area contributed by atoms with Crippen LogP contribution in [0.15, 0.2) is 23.1 Å². The van der Waals surface area contributed by atoms with Crippen LogP contribution < -0.4 is 0 Å². The molecular formula is C29H50N2OS2. The molecule has 0 bridgehead atoms. The van der Waals surface area contributed by atoms with Gasteiger partial charge >= 0.3 is 0 Å². The Kier molecular flexibility index (Phi) is 11.4. The molecule has 0 spiro atoms. The molecule has 1 aliphatic rings. The monoisotopic (exact) mass is 506 g/mol. The Hall–Kier alpha value is -0.650. The van der Waals surface area contributed by atoms with Gasteiger partial charge in [0.2, 0.25) is 5.91 Å². The molecule has 2 rings (SSSR count). The zero-order valence-electron chi connectivity index (χ0n) is 23.4. The highest BCUT2D eigenvalue weighted by Crippen LogP contribution is 2.42. The molecule has 1 amide bonds. The molecule has 2 atom stereocenters. The fourth-order valence-corrected chi connectivity index (χ4v) is 7.32. The average Bonchev–Trinajstić information content (AvgIpc) is 2.77. The zero-order valence-corrected chi connectivity index (χ0v) is 25.0. The molecule has 1 fully saturated rings. The first-order valence-corrected chi connectivity index (χ1v) is 15.2. The minimum absolute atomic E-state index is 0.138. The van der Waals surface area contributed by atoms with Crippen LogP contribution in [0.2, 0.25) is 0 Å². The number of thioether (sulfide) groups is 2. The molecule has 0 aliphatic heterocycles. The van der Waals surface area contributed by atoms with Gasteiger partial charge in [0.1, 0.15) is 0 Å². The van der Waals surface area contributed by atoms with Crippen LogP contribution in [0.3, 0.4) is 0 Å². The molecule has 0 saturated heterocycles. The van der Waals surface area contributed by atoms with Gasteiger partial charge in [-0.15, -0.1) is 23.5 Å². The van der Waals surface area contributed by atoms with Crippen molar-refractivity contribution in [2.45, 2.75) is 107 Å². The van der Waals surface area contributed by atoms with Gasteiger partial charge in [0.25, 0.3) is 0 Å². The van der Waals surface area contributed by atoms with Gasteiger partial charge in [0, 0.05) is 35.5 Å². The Morgan fingerprint density at radius 2 is 1.41 bits per heavy atom. The quantitative estimate of drug-likeness (QED) is 0.334. The smallest absolute Gasteiger partial charge is 0.232 e. The molecule has 34 heavy (non-hydrogen) atoms. The minimum Gasteiger partial charge on any atom is -0.344 e. The molecule has 0 aromatic heterocycles. The maximum Gasteiger partial charge on any atom is 0.232 e. The number of likely N-dealkylation sites (N-methyl/N-ethyl adjacent to an activating group) is 2. The van der Waals surface area contributed by atoms with Gasteiger partial charge in [-0.3, -0.25) is 4.79 Å². The fraction of sp³-hybridized carbons (Fsp3) is 0.759. The van der Waals surface area contributed by atoms with Crippen molar-refractivity contribution in [3.8, 4) is 0 Å². The normalized spacial score (nSPS) is 19.5. The standard InChI is InChI=1S/C29H50N2OS2/c1-10-31(11-2)17-16-30(9)27(32)21-33-25-14-12-13-15-26(25)34-24-19-22(28(3,4)5)18-23(20-24)29(6,7)8/h18-20,25-26H,10-17,21H2,1-9H3/t25-,26-/m1/s1. The molecule has 0 radical (unpaired) electrons. The molecule has 0 unspecified atom stereocenters. The molecule has 3 nitrogen and oxygen atoms in total. The van der Waals surface area contributed by atoms with E-state index in [0.717, 1.165) is 26.2 Å². The highest BCUT2D eigenvalue weighted by Gasteiger charge is 2.29. The third-order valence-electron chi connectivity index (χ3n) is 7.06. The molecule has 194 valence electrons. The van der Waals surface area contributed by atoms with E-state index in [4.69, 9.17) is 0 Å². The number of hydrogen-bond acceptors (Lipinski definition) is 4. The van der Waals surface area contributed by atoms with Crippen molar-refractivity contribution in [3.05, 3.63) is 29.3 Å². The number of benzene rings is 1. The molecule has 5 heteroatoms. The first kappa shape index (κ1) is 29.6. The minimum atomic E-state index is 0.138. The van der Waals surface area contributed by atoms with Crippen molar-refractivity contribution in [1.29, 1.82) is 0 Å². The summed E-state index contributed by atoms with van der Waals surface area (Å²) in [6.07, 6.45) is 5.07. The third kappa shape index (κ3) is 9.09. The van der Waals surface area contributed by atoms with E-state index in [0.29, 0.717) is 16.3 Å². The summed E-state index contributed by atoms with van der Waals surface area (Å²) in [5, 5.41) is 1.13.